The molecule has 0 radical (unpaired) electrons. The number of benzene rings is 1. The number of rotatable bonds is 8. The van der Waals surface area contributed by atoms with E-state index in [4.69, 9.17) is 9.84 Å². The lowest BCUT2D eigenvalue weighted by molar-refractivity contribution is -0.137. The monoisotopic (exact) mass is 300 g/mol. The first-order chi connectivity index (χ1) is 10.6. The van der Waals surface area contributed by atoms with E-state index in [-0.39, 0.29) is 6.42 Å². The topological polar surface area (TPSA) is 71.5 Å². The van der Waals surface area contributed by atoms with Gasteiger partial charge in [-0.05, 0) is 49.2 Å². The van der Waals surface area contributed by atoms with Crippen molar-refractivity contribution in [3.8, 4) is 11.5 Å². The molecule has 5 heteroatoms. The predicted molar refractivity (Wildman–Crippen MR) is 84.1 cm³/mol. The van der Waals surface area contributed by atoms with Crippen molar-refractivity contribution in [3.05, 3.63) is 53.9 Å². The van der Waals surface area contributed by atoms with Gasteiger partial charge in [0.2, 0.25) is 0 Å². The van der Waals surface area contributed by atoms with Gasteiger partial charge in [0.25, 0.3) is 0 Å². The van der Waals surface area contributed by atoms with Gasteiger partial charge in [0, 0.05) is 19.2 Å². The van der Waals surface area contributed by atoms with E-state index >= 15 is 0 Å². The molecule has 2 N–H and O–H groups in total. The van der Waals surface area contributed by atoms with Crippen LogP contribution >= 0.6 is 0 Å². The van der Waals surface area contributed by atoms with Crippen LogP contribution in [0.3, 0.4) is 0 Å². The van der Waals surface area contributed by atoms with Gasteiger partial charge in [-0.2, -0.15) is 0 Å². The first-order valence-corrected chi connectivity index (χ1v) is 7.25. The number of ether oxygens (including phenoxy) is 1. The molecule has 0 saturated heterocycles. The molecule has 1 aromatic carbocycles. The molecule has 1 aromatic heterocycles. The van der Waals surface area contributed by atoms with E-state index in [0.29, 0.717) is 25.3 Å². The highest BCUT2D eigenvalue weighted by Gasteiger charge is 2.03. The molecule has 5 nitrogen and oxygen atoms in total. The Kier molecular flexibility index (Phi) is 5.91. The third kappa shape index (κ3) is 5.18. The molecule has 116 valence electrons. The standard InChI is InChI=1S/C17H20N2O3/c1-13-10-14(11-18-9-3-5-17(20)21)6-7-16(13)22-15-4-2-8-19-12-15/h2,4,6-8,10,12,18H,3,5,9,11H2,1H3,(H,20,21). The summed E-state index contributed by atoms with van der Waals surface area (Å²) in [5, 5.41) is 11.8. The number of aliphatic carboxylic acids is 1. The third-order valence-electron chi connectivity index (χ3n) is 3.17. The Balaban J connectivity index is 1.85. The number of hydrogen-bond acceptors (Lipinski definition) is 4. The van der Waals surface area contributed by atoms with Gasteiger partial charge in [0.05, 0.1) is 6.20 Å². The molecule has 0 atom stereocenters. The van der Waals surface area contributed by atoms with Crippen LogP contribution in [0.4, 0.5) is 0 Å². The fourth-order valence-electron chi connectivity index (χ4n) is 2.07. The van der Waals surface area contributed by atoms with Gasteiger partial charge >= 0.3 is 5.97 Å². The summed E-state index contributed by atoms with van der Waals surface area (Å²) in [7, 11) is 0. The van der Waals surface area contributed by atoms with Crippen molar-refractivity contribution in [1.29, 1.82) is 0 Å². The van der Waals surface area contributed by atoms with E-state index in [1.165, 1.54) is 0 Å². The number of carboxylic acid groups (broad SMARTS) is 1. The van der Waals surface area contributed by atoms with Crippen molar-refractivity contribution in [2.24, 2.45) is 0 Å². The molecular weight excluding hydrogens is 280 g/mol. The van der Waals surface area contributed by atoms with E-state index in [1.807, 2.05) is 31.2 Å². The van der Waals surface area contributed by atoms with E-state index in [1.54, 1.807) is 12.4 Å². The third-order valence-corrected chi connectivity index (χ3v) is 3.17. The van der Waals surface area contributed by atoms with Crippen LogP contribution in [0.15, 0.2) is 42.7 Å². The molecule has 1 heterocycles. The van der Waals surface area contributed by atoms with Gasteiger partial charge in [0.15, 0.2) is 0 Å². The van der Waals surface area contributed by atoms with Gasteiger partial charge in [-0.15, -0.1) is 0 Å². The molecule has 22 heavy (non-hydrogen) atoms. The molecule has 0 fully saturated rings. The van der Waals surface area contributed by atoms with E-state index in [0.717, 1.165) is 16.9 Å². The van der Waals surface area contributed by atoms with Gasteiger partial charge in [-0.3, -0.25) is 9.78 Å². The summed E-state index contributed by atoms with van der Waals surface area (Å²) in [5.74, 6) is 0.766. The molecule has 0 aliphatic carbocycles. The van der Waals surface area contributed by atoms with Crippen molar-refractivity contribution in [1.82, 2.24) is 10.3 Å². The number of nitrogens with one attached hydrogen (secondary N) is 1. The number of aryl methyl sites for hydroxylation is 1. The summed E-state index contributed by atoms with van der Waals surface area (Å²) in [4.78, 5) is 14.4. The zero-order chi connectivity index (χ0) is 15.8. The van der Waals surface area contributed by atoms with Gasteiger partial charge in [-0.25, -0.2) is 0 Å². The largest absolute Gasteiger partial charge is 0.481 e. The second-order valence-corrected chi connectivity index (χ2v) is 5.06. The average molecular weight is 300 g/mol. The van der Waals surface area contributed by atoms with Crippen molar-refractivity contribution >= 4 is 5.97 Å². The fourth-order valence-corrected chi connectivity index (χ4v) is 2.07. The highest BCUT2D eigenvalue weighted by Crippen LogP contribution is 2.25. The maximum absolute atomic E-state index is 10.4. The fraction of sp³-hybridized carbons (Fsp3) is 0.294. The minimum absolute atomic E-state index is 0.198. The molecule has 0 saturated carbocycles. The molecule has 0 amide bonds. The Hall–Kier alpha value is -2.40. The number of hydrogen-bond donors (Lipinski definition) is 2. The highest BCUT2D eigenvalue weighted by molar-refractivity contribution is 5.66. The maximum atomic E-state index is 10.4. The Bertz CT molecular complexity index is 615. The van der Waals surface area contributed by atoms with Crippen LogP contribution in [0.1, 0.15) is 24.0 Å². The van der Waals surface area contributed by atoms with Crippen LogP contribution < -0.4 is 10.1 Å². The van der Waals surface area contributed by atoms with Gasteiger partial charge < -0.3 is 15.2 Å². The molecule has 0 aliphatic rings. The summed E-state index contributed by atoms with van der Waals surface area (Å²) in [6.07, 6.45) is 4.22. The Morgan fingerprint density at radius 3 is 2.91 bits per heavy atom. The molecular formula is C17H20N2O3. The second kappa shape index (κ2) is 8.14. The summed E-state index contributed by atoms with van der Waals surface area (Å²) >= 11 is 0. The van der Waals surface area contributed by atoms with Crippen LogP contribution in [-0.4, -0.2) is 22.6 Å². The minimum Gasteiger partial charge on any atom is -0.481 e. The molecule has 0 aliphatic heterocycles. The van der Waals surface area contributed by atoms with Crippen LogP contribution in [0.5, 0.6) is 11.5 Å². The van der Waals surface area contributed by atoms with Crippen molar-refractivity contribution in [3.63, 3.8) is 0 Å². The van der Waals surface area contributed by atoms with Gasteiger partial charge in [0.1, 0.15) is 11.5 Å². The first-order valence-electron chi connectivity index (χ1n) is 7.25. The average Bonchev–Trinajstić information content (AvgIpc) is 2.50. The molecule has 2 aromatic rings. The SMILES string of the molecule is Cc1cc(CNCCCC(=O)O)ccc1Oc1cccnc1. The van der Waals surface area contributed by atoms with Crippen molar-refractivity contribution in [2.45, 2.75) is 26.3 Å². The minimum atomic E-state index is -0.755. The second-order valence-electron chi connectivity index (χ2n) is 5.06. The first kappa shape index (κ1) is 16.0. The van der Waals surface area contributed by atoms with Crippen LogP contribution in [0.2, 0.25) is 0 Å². The lowest BCUT2D eigenvalue weighted by atomic mass is 10.1. The summed E-state index contributed by atoms with van der Waals surface area (Å²) < 4.78 is 5.79. The quantitative estimate of drug-likeness (QED) is 0.733. The Labute approximate surface area is 130 Å². The number of pyridine rings is 1. The van der Waals surface area contributed by atoms with Crippen LogP contribution in [0, 0.1) is 6.92 Å². The molecule has 0 bridgehead atoms. The maximum Gasteiger partial charge on any atom is 0.303 e. The van der Waals surface area contributed by atoms with E-state index < -0.39 is 5.97 Å². The number of aromatic nitrogens is 1. The highest BCUT2D eigenvalue weighted by atomic mass is 16.5. The van der Waals surface area contributed by atoms with Crippen LogP contribution in [-0.2, 0) is 11.3 Å². The van der Waals surface area contributed by atoms with Gasteiger partial charge in [-0.1, -0.05) is 12.1 Å². The number of carbonyl (C=O) groups is 1. The predicted octanol–water partition coefficient (Wildman–Crippen LogP) is 3.14. The Morgan fingerprint density at radius 1 is 1.36 bits per heavy atom. The van der Waals surface area contributed by atoms with Crippen LogP contribution in [0.25, 0.3) is 0 Å². The summed E-state index contributed by atoms with van der Waals surface area (Å²) in [5.41, 5.74) is 2.19. The number of carboxylic acids is 1. The van der Waals surface area contributed by atoms with E-state index in [9.17, 15) is 4.79 Å². The summed E-state index contributed by atoms with van der Waals surface area (Å²) in [6, 6.07) is 9.71. The zero-order valence-electron chi connectivity index (χ0n) is 12.6. The summed E-state index contributed by atoms with van der Waals surface area (Å²) in [6.45, 7) is 3.41. The molecule has 0 unspecified atom stereocenters. The van der Waals surface area contributed by atoms with E-state index in [2.05, 4.69) is 16.4 Å². The van der Waals surface area contributed by atoms with Crippen molar-refractivity contribution < 1.29 is 14.6 Å². The number of nitrogens with zero attached hydrogens (tertiary/aromatic N) is 1. The Morgan fingerprint density at radius 2 is 2.23 bits per heavy atom. The van der Waals surface area contributed by atoms with Crippen molar-refractivity contribution in [2.75, 3.05) is 6.54 Å². The lowest BCUT2D eigenvalue weighted by Crippen LogP contribution is -2.15. The smallest absolute Gasteiger partial charge is 0.303 e. The lowest BCUT2D eigenvalue weighted by Gasteiger charge is -2.10. The normalized spacial score (nSPS) is 10.4. The zero-order valence-corrected chi connectivity index (χ0v) is 12.6. The molecule has 2 rings (SSSR count). The molecule has 0 spiro atoms.